The third-order valence-electron chi connectivity index (χ3n) is 3.53. The molecule has 1 aromatic heterocycles. The second kappa shape index (κ2) is 6.94. The molecule has 0 fully saturated rings. The van der Waals surface area contributed by atoms with E-state index < -0.39 is 0 Å². The fraction of sp³-hybridized carbons (Fsp3) is 0.714. The van der Waals surface area contributed by atoms with Crippen molar-refractivity contribution in [3.8, 4) is 0 Å². The first-order valence-electron chi connectivity index (χ1n) is 6.87. The summed E-state index contributed by atoms with van der Waals surface area (Å²) in [6.07, 6.45) is 1.63. The average molecular weight is 286 g/mol. The van der Waals surface area contributed by atoms with Crippen molar-refractivity contribution in [2.75, 3.05) is 11.9 Å². The first kappa shape index (κ1) is 16.0. The van der Waals surface area contributed by atoms with Crippen LogP contribution in [0.4, 0.5) is 5.69 Å². The van der Waals surface area contributed by atoms with Crippen LogP contribution in [0.25, 0.3) is 0 Å². The van der Waals surface area contributed by atoms with Gasteiger partial charge in [-0.15, -0.1) is 0 Å². The molecule has 5 heteroatoms. The van der Waals surface area contributed by atoms with Gasteiger partial charge in [-0.2, -0.15) is 5.10 Å². The van der Waals surface area contributed by atoms with Crippen LogP contribution in [0.3, 0.4) is 0 Å². The quantitative estimate of drug-likeness (QED) is 0.873. The summed E-state index contributed by atoms with van der Waals surface area (Å²) in [4.78, 5) is 11.9. The van der Waals surface area contributed by atoms with Crippen molar-refractivity contribution in [3.05, 3.63) is 21.6 Å². The predicted molar refractivity (Wildman–Crippen MR) is 80.8 cm³/mol. The fourth-order valence-corrected chi connectivity index (χ4v) is 2.50. The summed E-state index contributed by atoms with van der Waals surface area (Å²) >= 11 is 6.08. The van der Waals surface area contributed by atoms with Gasteiger partial charge in [0.25, 0.3) is 5.56 Å². The number of halogens is 1. The third-order valence-corrected chi connectivity index (χ3v) is 3.89. The zero-order valence-electron chi connectivity index (χ0n) is 12.4. The molecule has 0 atom stereocenters. The Labute approximate surface area is 120 Å². The lowest BCUT2D eigenvalue weighted by Crippen LogP contribution is -2.27. The lowest BCUT2D eigenvalue weighted by molar-refractivity contribution is 0.304. The number of aryl methyl sites for hydroxylation is 1. The van der Waals surface area contributed by atoms with Crippen molar-refractivity contribution in [3.63, 3.8) is 0 Å². The van der Waals surface area contributed by atoms with Gasteiger partial charge < -0.3 is 5.32 Å². The van der Waals surface area contributed by atoms with Gasteiger partial charge in [0.2, 0.25) is 0 Å². The first-order valence-corrected chi connectivity index (χ1v) is 7.25. The van der Waals surface area contributed by atoms with Crippen molar-refractivity contribution in [2.45, 2.75) is 41.2 Å². The summed E-state index contributed by atoms with van der Waals surface area (Å²) in [7, 11) is 0. The Morgan fingerprint density at radius 3 is 2.37 bits per heavy atom. The highest BCUT2D eigenvalue weighted by atomic mass is 35.5. The van der Waals surface area contributed by atoms with Gasteiger partial charge in [0.1, 0.15) is 5.02 Å². The van der Waals surface area contributed by atoms with Crippen LogP contribution in [0.15, 0.2) is 11.0 Å². The number of nitrogens with one attached hydrogen (secondary N) is 1. The Balaban J connectivity index is 2.84. The van der Waals surface area contributed by atoms with Crippen LogP contribution in [0.5, 0.6) is 0 Å². The molecule has 1 aromatic rings. The highest BCUT2D eigenvalue weighted by Crippen LogP contribution is 2.22. The molecule has 0 saturated heterocycles. The minimum atomic E-state index is -0.236. The van der Waals surface area contributed by atoms with Gasteiger partial charge in [-0.1, -0.05) is 39.3 Å². The molecule has 0 saturated carbocycles. The van der Waals surface area contributed by atoms with Gasteiger partial charge in [0.05, 0.1) is 11.9 Å². The average Bonchev–Trinajstić information content (AvgIpc) is 2.34. The molecule has 0 unspecified atom stereocenters. The van der Waals surface area contributed by atoms with E-state index in [1.807, 2.05) is 6.92 Å². The summed E-state index contributed by atoms with van der Waals surface area (Å²) in [6, 6.07) is 0. The summed E-state index contributed by atoms with van der Waals surface area (Å²) < 4.78 is 1.36. The summed E-state index contributed by atoms with van der Waals surface area (Å²) in [5.74, 6) is 1.69. The van der Waals surface area contributed by atoms with E-state index in [1.165, 1.54) is 4.68 Å². The standard InChI is InChI=1S/C14H24ClN3O/c1-6-18-14(19)13(15)12(8-17-18)16-7-11(9(2)3)10(4)5/h8-11,16H,6-7H2,1-5H3. The highest BCUT2D eigenvalue weighted by Gasteiger charge is 2.18. The Kier molecular flexibility index (Phi) is 5.85. The van der Waals surface area contributed by atoms with Crippen molar-refractivity contribution in [1.29, 1.82) is 0 Å². The minimum Gasteiger partial charge on any atom is -0.382 e. The predicted octanol–water partition coefficient (Wildman–Crippen LogP) is 3.26. The molecule has 0 amide bonds. The Bertz CT molecular complexity index is 460. The second-order valence-corrected chi connectivity index (χ2v) is 5.90. The number of nitrogens with zero attached hydrogens (tertiary/aromatic N) is 2. The topological polar surface area (TPSA) is 46.9 Å². The van der Waals surface area contributed by atoms with E-state index in [4.69, 9.17) is 11.6 Å². The maximum Gasteiger partial charge on any atom is 0.287 e. The van der Waals surface area contributed by atoms with Crippen LogP contribution < -0.4 is 10.9 Å². The molecule has 0 aliphatic carbocycles. The number of hydrogen-bond donors (Lipinski definition) is 1. The Hall–Kier alpha value is -1.03. The monoisotopic (exact) mass is 285 g/mol. The second-order valence-electron chi connectivity index (χ2n) is 5.53. The molecule has 0 aromatic carbocycles. The summed E-state index contributed by atoms with van der Waals surface area (Å²) in [5, 5.41) is 7.57. The Morgan fingerprint density at radius 1 is 1.32 bits per heavy atom. The molecule has 0 aliphatic heterocycles. The maximum atomic E-state index is 11.9. The molecule has 1 rings (SSSR count). The normalized spacial score (nSPS) is 11.6. The SMILES string of the molecule is CCn1ncc(NCC(C(C)C)C(C)C)c(Cl)c1=O. The molecular formula is C14H24ClN3O. The zero-order chi connectivity index (χ0) is 14.6. The Morgan fingerprint density at radius 2 is 1.89 bits per heavy atom. The van der Waals surface area contributed by atoms with Crippen molar-refractivity contribution in [2.24, 2.45) is 17.8 Å². The molecule has 0 radical (unpaired) electrons. The van der Waals surface area contributed by atoms with Crippen LogP contribution in [0.1, 0.15) is 34.6 Å². The van der Waals surface area contributed by atoms with E-state index in [2.05, 4.69) is 38.1 Å². The minimum absolute atomic E-state index is 0.225. The smallest absolute Gasteiger partial charge is 0.287 e. The van der Waals surface area contributed by atoms with E-state index >= 15 is 0 Å². The van der Waals surface area contributed by atoms with E-state index in [1.54, 1.807) is 6.20 Å². The van der Waals surface area contributed by atoms with Crippen LogP contribution >= 0.6 is 11.6 Å². The zero-order valence-corrected chi connectivity index (χ0v) is 13.2. The molecular weight excluding hydrogens is 262 g/mol. The van der Waals surface area contributed by atoms with E-state index in [0.717, 1.165) is 6.54 Å². The lowest BCUT2D eigenvalue weighted by atomic mass is 9.85. The van der Waals surface area contributed by atoms with E-state index in [-0.39, 0.29) is 10.6 Å². The third kappa shape index (κ3) is 3.96. The molecule has 0 aliphatic rings. The first-order chi connectivity index (χ1) is 8.88. The molecule has 1 N–H and O–H groups in total. The maximum absolute atomic E-state index is 11.9. The van der Waals surface area contributed by atoms with Gasteiger partial charge in [-0.05, 0) is 24.7 Å². The number of rotatable bonds is 6. The molecule has 1 heterocycles. The largest absolute Gasteiger partial charge is 0.382 e. The molecule has 0 spiro atoms. The summed E-state index contributed by atoms with van der Waals surface area (Å²) in [5.41, 5.74) is 0.391. The van der Waals surface area contributed by atoms with Crippen LogP contribution in [0.2, 0.25) is 5.02 Å². The van der Waals surface area contributed by atoms with Crippen LogP contribution in [-0.4, -0.2) is 16.3 Å². The lowest BCUT2D eigenvalue weighted by Gasteiger charge is -2.25. The van der Waals surface area contributed by atoms with Gasteiger partial charge >= 0.3 is 0 Å². The summed E-state index contributed by atoms with van der Waals surface area (Å²) in [6.45, 7) is 12.0. The molecule has 19 heavy (non-hydrogen) atoms. The van der Waals surface area contributed by atoms with Crippen molar-refractivity contribution in [1.82, 2.24) is 9.78 Å². The van der Waals surface area contributed by atoms with Gasteiger partial charge in [0, 0.05) is 13.1 Å². The number of anilines is 1. The number of hydrogen-bond acceptors (Lipinski definition) is 3. The highest BCUT2D eigenvalue weighted by molar-refractivity contribution is 6.32. The number of aromatic nitrogens is 2. The molecule has 0 bridgehead atoms. The van der Waals surface area contributed by atoms with Gasteiger partial charge in [0.15, 0.2) is 0 Å². The molecule has 4 nitrogen and oxygen atoms in total. The van der Waals surface area contributed by atoms with Gasteiger partial charge in [-0.25, -0.2) is 4.68 Å². The fourth-order valence-electron chi connectivity index (χ4n) is 2.28. The van der Waals surface area contributed by atoms with Crippen LogP contribution in [-0.2, 0) is 6.54 Å². The van der Waals surface area contributed by atoms with Crippen molar-refractivity contribution >= 4 is 17.3 Å². The van der Waals surface area contributed by atoms with Crippen molar-refractivity contribution < 1.29 is 0 Å². The van der Waals surface area contributed by atoms with Crippen LogP contribution in [0, 0.1) is 17.8 Å². The van der Waals surface area contributed by atoms with E-state index in [9.17, 15) is 4.79 Å². The van der Waals surface area contributed by atoms with E-state index in [0.29, 0.717) is 30.0 Å². The van der Waals surface area contributed by atoms with Gasteiger partial charge in [-0.3, -0.25) is 4.79 Å². The molecule has 108 valence electrons.